The van der Waals surface area contributed by atoms with Crippen molar-refractivity contribution in [3.05, 3.63) is 79.0 Å². The predicted octanol–water partition coefficient (Wildman–Crippen LogP) is 6.75. The Labute approximate surface area is 246 Å². The van der Waals surface area contributed by atoms with E-state index in [1.807, 2.05) is 12.5 Å². The van der Waals surface area contributed by atoms with Gasteiger partial charge in [0.25, 0.3) is 0 Å². The molecule has 2 aromatic rings. The number of hydrogen-bond acceptors (Lipinski definition) is 8. The number of carbonyl (C=O) groups excluding carboxylic acids is 2. The molecule has 0 atom stereocenters. The van der Waals surface area contributed by atoms with Crippen LogP contribution < -0.4 is 0 Å². The maximum atomic E-state index is 13.4. The molecular weight excluding hydrogens is 593 g/mol. The first-order chi connectivity index (χ1) is 18.6. The third kappa shape index (κ3) is 11.5. The summed E-state index contributed by atoms with van der Waals surface area (Å²) in [6.07, 6.45) is 2.66. The number of benzene rings is 2. The molecule has 39 heavy (non-hydrogen) atoms. The van der Waals surface area contributed by atoms with Crippen LogP contribution in [0.1, 0.15) is 17.5 Å². The third-order valence-corrected chi connectivity index (χ3v) is 8.24. The van der Waals surface area contributed by atoms with Crippen molar-refractivity contribution in [1.82, 2.24) is 0 Å². The highest BCUT2D eigenvalue weighted by molar-refractivity contribution is 8.21. The van der Waals surface area contributed by atoms with E-state index in [2.05, 4.69) is 0 Å². The van der Waals surface area contributed by atoms with E-state index in [1.54, 1.807) is 0 Å². The molecule has 0 saturated carbocycles. The molecule has 0 aliphatic carbocycles. The normalized spacial score (nSPS) is 10.9. The maximum absolute atomic E-state index is 13.4. The summed E-state index contributed by atoms with van der Waals surface area (Å²) in [4.78, 5) is 24.2. The first kappa shape index (κ1) is 35.5. The van der Waals surface area contributed by atoms with Crippen LogP contribution in [-0.2, 0) is 41.4 Å². The predicted molar refractivity (Wildman–Crippen MR) is 155 cm³/mol. The fourth-order valence-corrected chi connectivity index (χ4v) is 5.28. The summed E-state index contributed by atoms with van der Waals surface area (Å²) in [6.45, 7) is 0. The largest absolute Gasteiger partial charge is 0.349 e. The Hall–Kier alpha value is -1.50. The van der Waals surface area contributed by atoms with Gasteiger partial charge in [-0.15, -0.1) is 23.5 Å². The average molecular weight is 626 g/mol. The fraction of sp³-hybridized carbons (Fsp3) is 0.407. The van der Waals surface area contributed by atoms with Gasteiger partial charge in [0.1, 0.15) is 11.6 Å². The SMILES string of the molecule is COC(OC)C(=O)C(Cc1cc(F)ccc1Cl)=C(SC)SC.COC(OC)C(=O)CCc1cc(F)ccc1Cl. The molecule has 0 aromatic heterocycles. The molecule has 0 spiro atoms. The highest BCUT2D eigenvalue weighted by Crippen LogP contribution is 2.32. The minimum absolute atomic E-state index is 0.190. The number of aryl methyl sites for hydroxylation is 1. The topological polar surface area (TPSA) is 71.1 Å². The molecular formula is C27H32Cl2F2O6S2. The summed E-state index contributed by atoms with van der Waals surface area (Å²) >= 11 is 14.9. The van der Waals surface area contributed by atoms with Gasteiger partial charge in [0.05, 0.1) is 0 Å². The lowest BCUT2D eigenvalue weighted by Crippen LogP contribution is -2.27. The Bertz CT molecular complexity index is 1120. The Morgan fingerprint density at radius 2 is 1.26 bits per heavy atom. The average Bonchev–Trinajstić information content (AvgIpc) is 2.92. The molecule has 0 saturated heterocycles. The quantitative estimate of drug-likeness (QED) is 0.169. The molecule has 0 radical (unpaired) electrons. The summed E-state index contributed by atoms with van der Waals surface area (Å²) < 4.78 is 47.0. The van der Waals surface area contributed by atoms with Crippen LogP contribution in [0.5, 0.6) is 0 Å². The molecule has 12 heteroatoms. The van der Waals surface area contributed by atoms with E-state index >= 15 is 0 Å². The van der Waals surface area contributed by atoms with Crippen LogP contribution in [0.3, 0.4) is 0 Å². The van der Waals surface area contributed by atoms with E-state index in [0.717, 1.165) is 4.24 Å². The number of methoxy groups -OCH3 is 4. The highest BCUT2D eigenvalue weighted by atomic mass is 35.5. The molecule has 0 aliphatic heterocycles. The smallest absolute Gasteiger partial charge is 0.221 e. The number of carbonyl (C=O) groups is 2. The molecule has 0 N–H and O–H groups in total. The molecule has 0 fully saturated rings. The molecule has 0 amide bonds. The number of halogens is 4. The van der Waals surface area contributed by atoms with Crippen molar-refractivity contribution in [2.75, 3.05) is 41.0 Å². The summed E-state index contributed by atoms with van der Waals surface area (Å²) in [5.41, 5.74) is 1.66. The molecule has 6 nitrogen and oxygen atoms in total. The number of ketones is 2. The third-order valence-electron chi connectivity index (χ3n) is 5.27. The van der Waals surface area contributed by atoms with E-state index in [-0.39, 0.29) is 30.2 Å². The second-order valence-corrected chi connectivity index (χ2v) is 10.5. The van der Waals surface area contributed by atoms with E-state index < -0.39 is 18.4 Å². The minimum atomic E-state index is -0.989. The standard InChI is InChI=1S/C15H18ClFO3S2.C12H14ClFO3/c1-19-14(20-2)13(18)11(15(21-3)22-4)8-9-7-10(17)5-6-12(9)16;1-16-12(17-2)11(15)6-3-8-7-9(14)4-5-10(8)13/h5-7,14H,8H2,1-4H3;4-5,7,12H,3,6H2,1-2H3. The van der Waals surface area contributed by atoms with Gasteiger partial charge in [0.2, 0.25) is 18.4 Å². The molecule has 2 rings (SSSR count). The lowest BCUT2D eigenvalue weighted by Gasteiger charge is -2.17. The lowest BCUT2D eigenvalue weighted by atomic mass is 10.0. The monoisotopic (exact) mass is 624 g/mol. The van der Waals surface area contributed by atoms with Crippen molar-refractivity contribution in [3.8, 4) is 0 Å². The zero-order valence-electron chi connectivity index (χ0n) is 22.5. The van der Waals surface area contributed by atoms with Gasteiger partial charge < -0.3 is 18.9 Å². The second kappa shape index (κ2) is 18.8. The summed E-state index contributed by atoms with van der Waals surface area (Å²) in [5.74, 6) is -1.25. The van der Waals surface area contributed by atoms with Gasteiger partial charge in [0, 0.05) is 61.1 Å². The number of ether oxygens (including phenoxy) is 4. The van der Waals surface area contributed by atoms with E-state index in [1.165, 1.54) is 88.4 Å². The number of Topliss-reactive ketones (excluding diaryl/α,β-unsaturated/α-hetero) is 2. The van der Waals surface area contributed by atoms with Crippen LogP contribution in [-0.4, -0.2) is 65.1 Å². The van der Waals surface area contributed by atoms with Gasteiger partial charge in [-0.3, -0.25) is 9.59 Å². The molecule has 0 bridgehead atoms. The highest BCUT2D eigenvalue weighted by Gasteiger charge is 2.25. The van der Waals surface area contributed by atoms with Crippen LogP contribution in [0.15, 0.2) is 46.2 Å². The molecule has 2 aromatic carbocycles. The Morgan fingerprint density at radius 1 is 0.795 bits per heavy atom. The van der Waals surface area contributed by atoms with Crippen molar-refractivity contribution >= 4 is 58.3 Å². The van der Waals surface area contributed by atoms with Gasteiger partial charge in [-0.05, 0) is 66.5 Å². The van der Waals surface area contributed by atoms with Gasteiger partial charge in [-0.25, -0.2) is 8.78 Å². The number of rotatable bonds is 14. The Morgan fingerprint density at radius 3 is 1.72 bits per heavy atom. The number of hydrogen-bond donors (Lipinski definition) is 0. The van der Waals surface area contributed by atoms with Crippen LogP contribution in [0.2, 0.25) is 10.0 Å². The van der Waals surface area contributed by atoms with Crippen LogP contribution in [0, 0.1) is 11.6 Å². The van der Waals surface area contributed by atoms with Crippen LogP contribution in [0.4, 0.5) is 8.78 Å². The zero-order chi connectivity index (χ0) is 29.5. The molecule has 0 heterocycles. The first-order valence-electron chi connectivity index (χ1n) is 11.4. The van der Waals surface area contributed by atoms with Crippen LogP contribution >= 0.6 is 46.7 Å². The van der Waals surface area contributed by atoms with Crippen molar-refractivity contribution in [2.24, 2.45) is 0 Å². The Balaban J connectivity index is 0.000000403. The van der Waals surface area contributed by atoms with Crippen molar-refractivity contribution in [2.45, 2.75) is 31.8 Å². The van der Waals surface area contributed by atoms with Gasteiger partial charge in [-0.2, -0.15) is 0 Å². The minimum Gasteiger partial charge on any atom is -0.349 e. The Kier molecular flexibility index (Phi) is 17.1. The zero-order valence-corrected chi connectivity index (χ0v) is 25.7. The molecule has 216 valence electrons. The van der Waals surface area contributed by atoms with Crippen molar-refractivity contribution in [1.29, 1.82) is 0 Å². The van der Waals surface area contributed by atoms with Gasteiger partial charge in [-0.1, -0.05) is 23.2 Å². The first-order valence-corrected chi connectivity index (χ1v) is 14.6. The van der Waals surface area contributed by atoms with E-state index in [9.17, 15) is 18.4 Å². The molecule has 0 unspecified atom stereocenters. The van der Waals surface area contributed by atoms with Crippen molar-refractivity contribution < 1.29 is 37.3 Å². The second-order valence-electron chi connectivity index (χ2n) is 7.76. The van der Waals surface area contributed by atoms with E-state index in [4.69, 9.17) is 42.1 Å². The number of thioether (sulfide) groups is 2. The van der Waals surface area contributed by atoms with Crippen LogP contribution in [0.25, 0.3) is 0 Å². The van der Waals surface area contributed by atoms with Gasteiger partial charge >= 0.3 is 0 Å². The molecule has 0 aliphatic rings. The summed E-state index contributed by atoms with van der Waals surface area (Å²) in [5, 5.41) is 0.866. The van der Waals surface area contributed by atoms with Gasteiger partial charge in [0.15, 0.2) is 5.78 Å². The summed E-state index contributed by atoms with van der Waals surface area (Å²) in [7, 11) is 5.58. The lowest BCUT2D eigenvalue weighted by molar-refractivity contribution is -0.156. The van der Waals surface area contributed by atoms with E-state index in [0.29, 0.717) is 33.2 Å². The maximum Gasteiger partial charge on any atom is 0.221 e. The fourth-order valence-electron chi connectivity index (χ4n) is 3.38. The summed E-state index contributed by atoms with van der Waals surface area (Å²) in [6, 6.07) is 8.18. The van der Waals surface area contributed by atoms with Crippen molar-refractivity contribution in [3.63, 3.8) is 0 Å².